The van der Waals surface area contributed by atoms with Crippen LogP contribution in [0.1, 0.15) is 44.1 Å². The molecule has 2 aliphatic rings. The number of hydrogen-bond donors (Lipinski definition) is 1. The fraction of sp³-hybridized carbons (Fsp3) is 0.714. The van der Waals surface area contributed by atoms with Crippen molar-refractivity contribution >= 4 is 35.8 Å². The number of aliphatic imine (C=N–C) groups is 1. The largest absolute Gasteiger partial charge is 0.379 e. The van der Waals surface area contributed by atoms with Crippen molar-refractivity contribution in [2.24, 2.45) is 10.9 Å². The van der Waals surface area contributed by atoms with E-state index in [9.17, 15) is 0 Å². The monoisotopic (exact) mass is 501 g/mol. The Morgan fingerprint density at radius 3 is 2.61 bits per heavy atom. The number of hydrogen-bond acceptors (Lipinski definition) is 4. The van der Waals surface area contributed by atoms with Crippen molar-refractivity contribution in [1.29, 1.82) is 0 Å². The summed E-state index contributed by atoms with van der Waals surface area (Å²) in [6.07, 6.45) is 9.90. The number of halogens is 1. The Balaban J connectivity index is 0.00000280. The van der Waals surface area contributed by atoms with Crippen LogP contribution >= 0.6 is 24.0 Å². The summed E-state index contributed by atoms with van der Waals surface area (Å²) in [7, 11) is 3.88. The van der Waals surface area contributed by atoms with Crippen molar-refractivity contribution in [3.8, 4) is 0 Å². The lowest BCUT2D eigenvalue weighted by atomic mass is 10.2. The van der Waals surface area contributed by atoms with Crippen LogP contribution in [0.25, 0.3) is 0 Å². The van der Waals surface area contributed by atoms with Gasteiger partial charge in [-0.25, -0.2) is 4.98 Å². The molecule has 0 amide bonds. The highest BCUT2D eigenvalue weighted by Crippen LogP contribution is 2.28. The van der Waals surface area contributed by atoms with E-state index in [-0.39, 0.29) is 24.0 Å². The van der Waals surface area contributed by atoms with Gasteiger partial charge in [-0.3, -0.25) is 4.99 Å². The zero-order valence-corrected chi connectivity index (χ0v) is 19.7. The predicted molar refractivity (Wildman–Crippen MR) is 127 cm³/mol. The van der Waals surface area contributed by atoms with Crippen LogP contribution in [-0.4, -0.2) is 62.8 Å². The molecule has 1 aromatic heterocycles. The molecule has 0 unspecified atom stereocenters. The molecule has 0 radical (unpaired) electrons. The molecule has 6 nitrogen and oxygen atoms in total. The molecule has 1 aromatic rings. The van der Waals surface area contributed by atoms with E-state index < -0.39 is 0 Å². The third-order valence-electron chi connectivity index (χ3n) is 5.38. The lowest BCUT2D eigenvalue weighted by Gasteiger charge is -2.23. The molecule has 0 bridgehead atoms. The first kappa shape index (κ1) is 23.2. The number of nitrogens with zero attached hydrogens (tertiary/aromatic N) is 4. The Bertz CT molecular complexity index is 583. The third kappa shape index (κ3) is 7.73. The van der Waals surface area contributed by atoms with E-state index in [2.05, 4.69) is 44.3 Å². The first-order chi connectivity index (χ1) is 13.3. The number of rotatable bonds is 8. The molecule has 1 aliphatic heterocycles. The summed E-state index contributed by atoms with van der Waals surface area (Å²) in [5, 5.41) is 3.42. The molecule has 1 aliphatic carbocycles. The van der Waals surface area contributed by atoms with E-state index in [1.165, 1.54) is 44.1 Å². The van der Waals surface area contributed by atoms with Crippen LogP contribution in [0.4, 0.5) is 5.82 Å². The van der Waals surface area contributed by atoms with Gasteiger partial charge in [0.2, 0.25) is 0 Å². The number of nitrogens with one attached hydrogen (secondary N) is 1. The standard InChI is InChI=1S/C21H35N5O.HI/c1-22-21(25(2)13-14-27-17-18-7-8-18)24-16-19-9-10-20(23-15-19)26-11-5-3-4-6-12-26;/h9-10,15,18H,3-8,11-14,16-17H2,1-2H3,(H,22,24);1H. The highest BCUT2D eigenvalue weighted by molar-refractivity contribution is 14.0. The first-order valence-corrected chi connectivity index (χ1v) is 10.5. The van der Waals surface area contributed by atoms with Gasteiger partial charge < -0.3 is 19.9 Å². The van der Waals surface area contributed by atoms with E-state index in [1.54, 1.807) is 0 Å². The van der Waals surface area contributed by atoms with E-state index in [4.69, 9.17) is 4.74 Å². The van der Waals surface area contributed by atoms with Crippen molar-refractivity contribution < 1.29 is 4.74 Å². The van der Waals surface area contributed by atoms with Gasteiger partial charge in [-0.05, 0) is 43.2 Å². The predicted octanol–water partition coefficient (Wildman–Crippen LogP) is 3.51. The molecule has 2 fully saturated rings. The van der Waals surface area contributed by atoms with Crippen LogP contribution in [0.3, 0.4) is 0 Å². The van der Waals surface area contributed by atoms with Gasteiger partial charge in [0.25, 0.3) is 0 Å². The minimum Gasteiger partial charge on any atom is -0.379 e. The highest BCUT2D eigenvalue weighted by atomic mass is 127. The molecular weight excluding hydrogens is 465 g/mol. The van der Waals surface area contributed by atoms with Crippen LogP contribution in [0.5, 0.6) is 0 Å². The van der Waals surface area contributed by atoms with Crippen molar-refractivity contribution in [1.82, 2.24) is 15.2 Å². The molecular formula is C21H36IN5O. The maximum atomic E-state index is 5.73. The number of anilines is 1. The maximum absolute atomic E-state index is 5.73. The van der Waals surface area contributed by atoms with Crippen molar-refractivity contribution in [3.63, 3.8) is 0 Å². The second-order valence-corrected chi connectivity index (χ2v) is 7.77. The van der Waals surface area contributed by atoms with Crippen LogP contribution in [0, 0.1) is 5.92 Å². The fourth-order valence-corrected chi connectivity index (χ4v) is 3.42. The average molecular weight is 501 g/mol. The molecule has 0 aromatic carbocycles. The fourth-order valence-electron chi connectivity index (χ4n) is 3.42. The van der Waals surface area contributed by atoms with Gasteiger partial charge in [0.05, 0.1) is 6.61 Å². The highest BCUT2D eigenvalue weighted by Gasteiger charge is 2.21. The first-order valence-electron chi connectivity index (χ1n) is 10.5. The minimum absolute atomic E-state index is 0. The van der Waals surface area contributed by atoms with E-state index >= 15 is 0 Å². The second kappa shape index (κ2) is 12.5. The summed E-state index contributed by atoms with van der Waals surface area (Å²) in [6, 6.07) is 4.33. The van der Waals surface area contributed by atoms with Gasteiger partial charge in [0.15, 0.2) is 5.96 Å². The topological polar surface area (TPSA) is 53.0 Å². The Morgan fingerprint density at radius 2 is 2.00 bits per heavy atom. The lowest BCUT2D eigenvalue weighted by molar-refractivity contribution is 0.115. The number of guanidine groups is 1. The van der Waals surface area contributed by atoms with Gasteiger partial charge in [0.1, 0.15) is 5.82 Å². The van der Waals surface area contributed by atoms with E-state index in [1.807, 2.05) is 13.2 Å². The van der Waals surface area contributed by atoms with Crippen LogP contribution in [0.15, 0.2) is 23.3 Å². The summed E-state index contributed by atoms with van der Waals surface area (Å²) < 4.78 is 5.73. The number of pyridine rings is 1. The van der Waals surface area contributed by atoms with E-state index in [0.717, 1.165) is 57.1 Å². The lowest BCUT2D eigenvalue weighted by Crippen LogP contribution is -2.40. The molecule has 1 saturated heterocycles. The molecule has 3 rings (SSSR count). The molecule has 158 valence electrons. The Morgan fingerprint density at radius 1 is 1.25 bits per heavy atom. The summed E-state index contributed by atoms with van der Waals surface area (Å²) in [5.41, 5.74) is 1.17. The average Bonchev–Trinajstić information content (AvgIpc) is 3.53. The summed E-state index contributed by atoms with van der Waals surface area (Å²) in [5.74, 6) is 2.81. The molecule has 1 N–H and O–H groups in total. The normalized spacial score (nSPS) is 17.6. The Hall–Kier alpha value is -1.09. The van der Waals surface area contributed by atoms with Gasteiger partial charge in [-0.2, -0.15) is 0 Å². The van der Waals surface area contributed by atoms with Gasteiger partial charge in [-0.15, -0.1) is 24.0 Å². The van der Waals surface area contributed by atoms with Crippen molar-refractivity contribution in [3.05, 3.63) is 23.9 Å². The van der Waals surface area contributed by atoms with E-state index in [0.29, 0.717) is 0 Å². The zero-order valence-electron chi connectivity index (χ0n) is 17.4. The maximum Gasteiger partial charge on any atom is 0.193 e. The number of likely N-dealkylation sites (N-methyl/N-ethyl adjacent to an activating group) is 1. The summed E-state index contributed by atoms with van der Waals surface area (Å²) in [4.78, 5) is 13.6. The molecule has 7 heteroatoms. The second-order valence-electron chi connectivity index (χ2n) is 7.77. The quantitative estimate of drug-likeness (QED) is 0.256. The Labute approximate surface area is 187 Å². The molecule has 0 atom stereocenters. The van der Waals surface area contributed by atoms with Crippen molar-refractivity contribution in [2.45, 2.75) is 45.1 Å². The zero-order chi connectivity index (χ0) is 18.9. The van der Waals surface area contributed by atoms with Gasteiger partial charge in [0, 0.05) is 53.1 Å². The molecule has 1 saturated carbocycles. The third-order valence-corrected chi connectivity index (χ3v) is 5.38. The molecule has 2 heterocycles. The minimum atomic E-state index is 0. The van der Waals surface area contributed by atoms with Crippen LogP contribution in [-0.2, 0) is 11.3 Å². The summed E-state index contributed by atoms with van der Waals surface area (Å²) >= 11 is 0. The van der Waals surface area contributed by atoms with Crippen molar-refractivity contribution in [2.75, 3.05) is 51.8 Å². The number of aromatic nitrogens is 1. The van der Waals surface area contributed by atoms with Gasteiger partial charge in [-0.1, -0.05) is 18.9 Å². The molecule has 0 spiro atoms. The van der Waals surface area contributed by atoms with Gasteiger partial charge >= 0.3 is 0 Å². The SMILES string of the molecule is CN=C(NCc1ccc(N2CCCCCC2)nc1)N(C)CCOCC1CC1.I. The smallest absolute Gasteiger partial charge is 0.193 e. The Kier molecular flexibility index (Phi) is 10.3. The number of ether oxygens (including phenoxy) is 1. The molecule has 28 heavy (non-hydrogen) atoms. The summed E-state index contributed by atoms with van der Waals surface area (Å²) in [6.45, 7) is 5.50. The van der Waals surface area contributed by atoms with Crippen LogP contribution in [0.2, 0.25) is 0 Å². The van der Waals surface area contributed by atoms with Crippen LogP contribution < -0.4 is 10.2 Å².